The summed E-state index contributed by atoms with van der Waals surface area (Å²) in [5, 5.41) is 14.8. The second-order valence-electron chi connectivity index (χ2n) is 5.91. The zero-order valence-electron chi connectivity index (χ0n) is 13.2. The maximum absolute atomic E-state index is 10.2. The summed E-state index contributed by atoms with van der Waals surface area (Å²) in [5.74, 6) is 0.460. The molecule has 2 atom stereocenters. The van der Waals surface area contributed by atoms with Crippen LogP contribution >= 0.6 is 0 Å². The number of pyridine rings is 1. The number of anilines is 1. The summed E-state index contributed by atoms with van der Waals surface area (Å²) in [6, 6.07) is 12.0. The van der Waals surface area contributed by atoms with Gasteiger partial charge in [0.25, 0.3) is 0 Å². The Morgan fingerprint density at radius 3 is 2.87 bits per heavy atom. The fourth-order valence-electron chi connectivity index (χ4n) is 2.75. The standard InChI is InChI=1S/C18H22N4O/c1-12(8-14-10-21-16-5-3-2-4-15(14)16)20-11-17(23)13-6-7-18(19)22-9-13/h2-7,9-10,12,17,20-21,23H,8,11H2,1H3,(H2,19,22)/t12?,17-/m0/s1. The molecule has 0 fully saturated rings. The number of rotatable bonds is 6. The highest BCUT2D eigenvalue weighted by atomic mass is 16.3. The van der Waals surface area contributed by atoms with Crippen molar-refractivity contribution >= 4 is 16.7 Å². The number of aromatic amines is 1. The average Bonchev–Trinajstić information content (AvgIpc) is 2.96. The second kappa shape index (κ2) is 6.81. The highest BCUT2D eigenvalue weighted by molar-refractivity contribution is 5.83. The van der Waals surface area contributed by atoms with Gasteiger partial charge in [-0.1, -0.05) is 24.3 Å². The minimum Gasteiger partial charge on any atom is -0.387 e. The topological polar surface area (TPSA) is 87.0 Å². The first-order valence-corrected chi connectivity index (χ1v) is 7.81. The largest absolute Gasteiger partial charge is 0.387 e. The molecule has 23 heavy (non-hydrogen) atoms. The van der Waals surface area contributed by atoms with Crippen LogP contribution < -0.4 is 11.1 Å². The van der Waals surface area contributed by atoms with Gasteiger partial charge in [-0.3, -0.25) is 0 Å². The van der Waals surface area contributed by atoms with Gasteiger partial charge in [0, 0.05) is 41.4 Å². The number of nitrogen functional groups attached to an aromatic ring is 1. The van der Waals surface area contributed by atoms with Gasteiger partial charge in [-0.15, -0.1) is 0 Å². The van der Waals surface area contributed by atoms with Crippen molar-refractivity contribution in [2.45, 2.75) is 25.5 Å². The van der Waals surface area contributed by atoms with E-state index in [4.69, 9.17) is 5.73 Å². The highest BCUT2D eigenvalue weighted by Crippen LogP contribution is 2.19. The number of fused-ring (bicyclic) bond motifs is 1. The Morgan fingerprint density at radius 2 is 2.09 bits per heavy atom. The fraction of sp³-hybridized carbons (Fsp3) is 0.278. The van der Waals surface area contributed by atoms with E-state index in [2.05, 4.69) is 46.6 Å². The molecule has 2 aromatic heterocycles. The van der Waals surface area contributed by atoms with Crippen molar-refractivity contribution in [2.75, 3.05) is 12.3 Å². The number of nitrogens with one attached hydrogen (secondary N) is 2. The molecule has 2 heterocycles. The molecule has 120 valence electrons. The number of nitrogens with two attached hydrogens (primary N) is 1. The van der Waals surface area contributed by atoms with Crippen LogP contribution in [0.3, 0.4) is 0 Å². The lowest BCUT2D eigenvalue weighted by Crippen LogP contribution is -2.32. The van der Waals surface area contributed by atoms with Gasteiger partial charge in [-0.25, -0.2) is 4.98 Å². The van der Waals surface area contributed by atoms with Crippen molar-refractivity contribution in [3.63, 3.8) is 0 Å². The van der Waals surface area contributed by atoms with Gasteiger partial charge in [-0.2, -0.15) is 0 Å². The van der Waals surface area contributed by atoms with Gasteiger partial charge < -0.3 is 21.1 Å². The molecule has 5 nitrogen and oxygen atoms in total. The molecule has 0 spiro atoms. The van der Waals surface area contributed by atoms with Gasteiger partial charge in [0.05, 0.1) is 6.10 Å². The number of aliphatic hydroxyl groups is 1. The van der Waals surface area contributed by atoms with Gasteiger partial charge in [-0.05, 0) is 31.0 Å². The third-order valence-corrected chi connectivity index (χ3v) is 4.05. The van der Waals surface area contributed by atoms with Gasteiger partial charge in [0.2, 0.25) is 0 Å². The quantitative estimate of drug-likeness (QED) is 0.563. The van der Waals surface area contributed by atoms with Crippen molar-refractivity contribution in [3.05, 3.63) is 59.9 Å². The van der Waals surface area contributed by atoms with Crippen molar-refractivity contribution < 1.29 is 5.11 Å². The van der Waals surface area contributed by atoms with Crippen molar-refractivity contribution in [1.82, 2.24) is 15.3 Å². The number of benzene rings is 1. The summed E-state index contributed by atoms with van der Waals surface area (Å²) in [7, 11) is 0. The molecule has 1 aromatic carbocycles. The Kier molecular flexibility index (Phi) is 4.60. The zero-order chi connectivity index (χ0) is 16.2. The molecule has 0 bridgehead atoms. The summed E-state index contributed by atoms with van der Waals surface area (Å²) in [6.45, 7) is 2.60. The highest BCUT2D eigenvalue weighted by Gasteiger charge is 2.12. The number of H-pyrrole nitrogens is 1. The predicted octanol–water partition coefficient (Wildman–Crippen LogP) is 2.40. The van der Waals surface area contributed by atoms with Crippen LogP contribution in [0, 0.1) is 0 Å². The Morgan fingerprint density at radius 1 is 1.26 bits per heavy atom. The van der Waals surface area contributed by atoms with Gasteiger partial charge in [0.15, 0.2) is 0 Å². The van der Waals surface area contributed by atoms with E-state index in [1.165, 1.54) is 10.9 Å². The van der Waals surface area contributed by atoms with E-state index in [1.807, 2.05) is 6.07 Å². The minimum atomic E-state index is -0.589. The van der Waals surface area contributed by atoms with Crippen LogP contribution in [-0.2, 0) is 6.42 Å². The number of aromatic nitrogens is 2. The maximum Gasteiger partial charge on any atom is 0.123 e. The summed E-state index contributed by atoms with van der Waals surface area (Å²) in [4.78, 5) is 7.30. The Balaban J connectivity index is 1.57. The van der Waals surface area contributed by atoms with Crippen LogP contribution in [0.2, 0.25) is 0 Å². The molecule has 0 aliphatic heterocycles. The van der Waals surface area contributed by atoms with Crippen molar-refractivity contribution in [1.29, 1.82) is 0 Å². The molecule has 1 unspecified atom stereocenters. The molecule has 0 saturated carbocycles. The summed E-state index contributed by atoms with van der Waals surface area (Å²) >= 11 is 0. The van der Waals surface area contributed by atoms with Crippen molar-refractivity contribution in [3.8, 4) is 0 Å². The lowest BCUT2D eigenvalue weighted by Gasteiger charge is -2.17. The monoisotopic (exact) mass is 310 g/mol. The number of hydrogen-bond donors (Lipinski definition) is 4. The summed E-state index contributed by atoms with van der Waals surface area (Å²) < 4.78 is 0. The van der Waals surface area contributed by atoms with Crippen LogP contribution in [0.4, 0.5) is 5.82 Å². The predicted molar refractivity (Wildman–Crippen MR) is 93.1 cm³/mol. The Hall–Kier alpha value is -2.37. The molecule has 0 aliphatic rings. The van der Waals surface area contributed by atoms with E-state index in [1.54, 1.807) is 18.3 Å². The Bertz CT molecular complexity index is 766. The molecule has 0 saturated heterocycles. The van der Waals surface area contributed by atoms with Gasteiger partial charge >= 0.3 is 0 Å². The third kappa shape index (κ3) is 3.70. The molecule has 0 aliphatic carbocycles. The van der Waals surface area contributed by atoms with E-state index < -0.39 is 6.10 Å². The van der Waals surface area contributed by atoms with E-state index in [0.29, 0.717) is 12.4 Å². The SMILES string of the molecule is CC(Cc1c[nH]c2ccccc12)NC[C@H](O)c1ccc(N)nc1. The van der Waals surface area contributed by atoms with E-state index in [9.17, 15) is 5.11 Å². The molecule has 5 heteroatoms. The summed E-state index contributed by atoms with van der Waals surface area (Å²) in [6.07, 6.45) is 3.99. The molecule has 0 amide bonds. The first kappa shape index (κ1) is 15.5. The Labute approximate surface area is 135 Å². The lowest BCUT2D eigenvalue weighted by atomic mass is 10.1. The second-order valence-corrected chi connectivity index (χ2v) is 5.91. The smallest absolute Gasteiger partial charge is 0.123 e. The van der Waals surface area contributed by atoms with Crippen LogP contribution in [0.1, 0.15) is 24.2 Å². The molecule has 3 aromatic rings. The van der Waals surface area contributed by atoms with Crippen LogP contribution in [0.25, 0.3) is 10.9 Å². The van der Waals surface area contributed by atoms with E-state index in [0.717, 1.165) is 17.5 Å². The van der Waals surface area contributed by atoms with E-state index in [-0.39, 0.29) is 6.04 Å². The zero-order valence-corrected chi connectivity index (χ0v) is 13.2. The first-order chi connectivity index (χ1) is 11.1. The number of hydrogen-bond acceptors (Lipinski definition) is 4. The molecule has 3 rings (SSSR count). The molecular formula is C18H22N4O. The van der Waals surface area contributed by atoms with Crippen molar-refractivity contribution in [2.24, 2.45) is 0 Å². The molecule has 5 N–H and O–H groups in total. The van der Waals surface area contributed by atoms with E-state index >= 15 is 0 Å². The molecular weight excluding hydrogens is 288 g/mol. The summed E-state index contributed by atoms with van der Waals surface area (Å²) in [5.41, 5.74) is 8.77. The average molecular weight is 310 g/mol. The third-order valence-electron chi connectivity index (χ3n) is 4.05. The number of aliphatic hydroxyl groups excluding tert-OH is 1. The normalized spacial score (nSPS) is 14.0. The van der Waals surface area contributed by atoms with Crippen LogP contribution in [0.5, 0.6) is 0 Å². The molecule has 0 radical (unpaired) electrons. The van der Waals surface area contributed by atoms with Gasteiger partial charge in [0.1, 0.15) is 5.82 Å². The minimum absolute atomic E-state index is 0.255. The first-order valence-electron chi connectivity index (χ1n) is 7.81. The number of nitrogens with zero attached hydrogens (tertiary/aromatic N) is 1. The van der Waals surface area contributed by atoms with Crippen LogP contribution in [-0.4, -0.2) is 27.7 Å². The lowest BCUT2D eigenvalue weighted by molar-refractivity contribution is 0.170. The fourth-order valence-corrected chi connectivity index (χ4v) is 2.75. The van der Waals surface area contributed by atoms with Crippen LogP contribution in [0.15, 0.2) is 48.8 Å². The number of para-hydroxylation sites is 1. The maximum atomic E-state index is 10.2.